The molecule has 1 unspecified atom stereocenters. The van der Waals surface area contributed by atoms with Crippen LogP contribution in [-0.4, -0.2) is 19.0 Å². The molecule has 3 heteroatoms. The fraction of sp³-hybridized carbons (Fsp3) is 0.588. The fourth-order valence-electron chi connectivity index (χ4n) is 3.24. The molecule has 0 radical (unpaired) electrons. The lowest BCUT2D eigenvalue weighted by Gasteiger charge is -2.29. The molecule has 0 aliphatic carbocycles. The predicted molar refractivity (Wildman–Crippen MR) is 82.6 cm³/mol. The Morgan fingerprint density at radius 2 is 2.20 bits per heavy atom. The van der Waals surface area contributed by atoms with Gasteiger partial charge in [0.1, 0.15) is 0 Å². The van der Waals surface area contributed by atoms with E-state index >= 15 is 0 Å². The molecule has 0 aromatic heterocycles. The van der Waals surface area contributed by atoms with E-state index in [9.17, 15) is 4.79 Å². The minimum absolute atomic E-state index is 0.0676. The molecular weight excluding hydrogens is 248 g/mol. The van der Waals surface area contributed by atoms with Gasteiger partial charge in [0.15, 0.2) is 0 Å². The van der Waals surface area contributed by atoms with Gasteiger partial charge < -0.3 is 10.6 Å². The molecule has 0 bridgehead atoms. The van der Waals surface area contributed by atoms with E-state index in [1.54, 1.807) is 0 Å². The van der Waals surface area contributed by atoms with Crippen molar-refractivity contribution in [2.75, 3.05) is 13.1 Å². The third kappa shape index (κ3) is 3.04. The Kier molecular flexibility index (Phi) is 4.81. The molecule has 1 amide bonds. The van der Waals surface area contributed by atoms with Crippen LogP contribution in [0.5, 0.6) is 0 Å². The van der Waals surface area contributed by atoms with Crippen molar-refractivity contribution in [2.24, 2.45) is 5.41 Å². The van der Waals surface area contributed by atoms with Gasteiger partial charge in [0, 0.05) is 6.54 Å². The highest BCUT2D eigenvalue weighted by molar-refractivity contribution is 5.83. The van der Waals surface area contributed by atoms with Crippen LogP contribution < -0.4 is 10.6 Å². The summed E-state index contributed by atoms with van der Waals surface area (Å²) in [5.41, 5.74) is 2.24. The Bertz CT molecular complexity index is 464. The maximum Gasteiger partial charge on any atom is 0.228 e. The quantitative estimate of drug-likeness (QED) is 0.866. The Morgan fingerprint density at radius 3 is 2.80 bits per heavy atom. The summed E-state index contributed by atoms with van der Waals surface area (Å²) in [6, 6.07) is 8.32. The van der Waals surface area contributed by atoms with Gasteiger partial charge in [-0.05, 0) is 44.4 Å². The average molecular weight is 274 g/mol. The monoisotopic (exact) mass is 274 g/mol. The van der Waals surface area contributed by atoms with Gasteiger partial charge in [0.2, 0.25) is 5.91 Å². The number of amides is 1. The van der Waals surface area contributed by atoms with Crippen LogP contribution in [-0.2, 0) is 4.79 Å². The average Bonchev–Trinajstić information content (AvgIpc) is 2.89. The van der Waals surface area contributed by atoms with Gasteiger partial charge in [-0.3, -0.25) is 4.79 Å². The van der Waals surface area contributed by atoms with E-state index in [4.69, 9.17) is 0 Å². The number of aryl methyl sites for hydroxylation is 1. The van der Waals surface area contributed by atoms with Gasteiger partial charge in [0.05, 0.1) is 11.5 Å². The molecule has 2 rings (SSSR count). The van der Waals surface area contributed by atoms with Crippen LogP contribution in [0.3, 0.4) is 0 Å². The lowest BCUT2D eigenvalue weighted by molar-refractivity contribution is -0.131. The van der Waals surface area contributed by atoms with Crippen molar-refractivity contribution in [3.63, 3.8) is 0 Å². The number of carbonyl (C=O) groups is 1. The minimum atomic E-state index is -0.203. The lowest BCUT2D eigenvalue weighted by atomic mass is 9.81. The Labute approximate surface area is 122 Å². The van der Waals surface area contributed by atoms with Crippen LogP contribution in [0.25, 0.3) is 0 Å². The van der Waals surface area contributed by atoms with E-state index in [1.165, 1.54) is 11.1 Å². The first-order valence-corrected chi connectivity index (χ1v) is 7.66. The van der Waals surface area contributed by atoms with Crippen LogP contribution in [0, 0.1) is 12.3 Å². The smallest absolute Gasteiger partial charge is 0.228 e. The van der Waals surface area contributed by atoms with Crippen LogP contribution in [0.15, 0.2) is 24.3 Å². The zero-order valence-electron chi connectivity index (χ0n) is 12.8. The molecule has 0 saturated carbocycles. The molecule has 2 atom stereocenters. The third-order valence-corrected chi connectivity index (χ3v) is 4.46. The zero-order chi connectivity index (χ0) is 14.6. The highest BCUT2D eigenvalue weighted by Crippen LogP contribution is 2.32. The first kappa shape index (κ1) is 15.0. The highest BCUT2D eigenvalue weighted by atomic mass is 16.2. The summed E-state index contributed by atoms with van der Waals surface area (Å²) in [4.78, 5) is 12.7. The van der Waals surface area contributed by atoms with Gasteiger partial charge in [-0.2, -0.15) is 0 Å². The van der Waals surface area contributed by atoms with Gasteiger partial charge >= 0.3 is 0 Å². The van der Waals surface area contributed by atoms with Crippen LogP contribution >= 0.6 is 0 Å². The molecule has 1 aliphatic heterocycles. The van der Waals surface area contributed by atoms with Crippen molar-refractivity contribution in [1.29, 1.82) is 0 Å². The van der Waals surface area contributed by atoms with E-state index < -0.39 is 0 Å². The first-order valence-electron chi connectivity index (χ1n) is 7.66. The topological polar surface area (TPSA) is 41.1 Å². The van der Waals surface area contributed by atoms with Crippen LogP contribution in [0.4, 0.5) is 0 Å². The number of nitrogens with one attached hydrogen (secondary N) is 2. The van der Waals surface area contributed by atoms with E-state index in [-0.39, 0.29) is 17.4 Å². The summed E-state index contributed by atoms with van der Waals surface area (Å²) in [7, 11) is 0. The number of carbonyl (C=O) groups excluding carboxylic acids is 1. The van der Waals surface area contributed by atoms with Crippen molar-refractivity contribution < 1.29 is 4.79 Å². The zero-order valence-corrected chi connectivity index (χ0v) is 12.8. The van der Waals surface area contributed by atoms with Crippen LogP contribution in [0.1, 0.15) is 50.3 Å². The van der Waals surface area contributed by atoms with Gasteiger partial charge in [-0.1, -0.05) is 37.6 Å². The van der Waals surface area contributed by atoms with E-state index in [0.29, 0.717) is 0 Å². The van der Waals surface area contributed by atoms with Gasteiger partial charge in [0.25, 0.3) is 0 Å². The number of rotatable bonds is 5. The molecule has 1 aromatic rings. The molecule has 1 fully saturated rings. The van der Waals surface area contributed by atoms with Crippen molar-refractivity contribution in [1.82, 2.24) is 10.6 Å². The minimum Gasteiger partial charge on any atom is -0.349 e. The number of benzene rings is 1. The summed E-state index contributed by atoms with van der Waals surface area (Å²) >= 11 is 0. The molecule has 2 N–H and O–H groups in total. The van der Waals surface area contributed by atoms with Crippen molar-refractivity contribution in [3.05, 3.63) is 35.4 Å². The van der Waals surface area contributed by atoms with E-state index in [2.05, 4.69) is 43.5 Å². The normalized spacial score (nSPS) is 23.6. The first-order chi connectivity index (χ1) is 9.59. The lowest BCUT2D eigenvalue weighted by Crippen LogP contribution is -2.43. The molecule has 3 nitrogen and oxygen atoms in total. The van der Waals surface area contributed by atoms with Crippen LogP contribution in [0.2, 0.25) is 0 Å². The Balaban J connectivity index is 2.08. The molecular formula is C17H26N2O. The van der Waals surface area contributed by atoms with E-state index in [0.717, 1.165) is 32.4 Å². The van der Waals surface area contributed by atoms with Gasteiger partial charge in [-0.15, -0.1) is 0 Å². The SMILES string of the molecule is CCCC1(C(=O)N[C@@H](C)c2ccccc2C)CCNC1. The molecule has 110 valence electrons. The summed E-state index contributed by atoms with van der Waals surface area (Å²) in [6.07, 6.45) is 2.97. The summed E-state index contributed by atoms with van der Waals surface area (Å²) < 4.78 is 0. The molecule has 1 aliphatic rings. The molecule has 0 spiro atoms. The standard InChI is InChI=1S/C17H26N2O/c1-4-9-17(10-11-18-12-17)16(20)19-14(3)15-8-6-5-7-13(15)2/h5-8,14,18H,4,9-12H2,1-3H3,(H,19,20)/t14-,17?/m0/s1. The van der Waals surface area contributed by atoms with Crippen molar-refractivity contribution >= 4 is 5.91 Å². The van der Waals surface area contributed by atoms with E-state index in [1.807, 2.05) is 12.1 Å². The second-order valence-electron chi connectivity index (χ2n) is 6.01. The molecule has 1 aromatic carbocycles. The maximum atomic E-state index is 12.7. The van der Waals surface area contributed by atoms with Gasteiger partial charge in [-0.25, -0.2) is 0 Å². The number of hydrogen-bond donors (Lipinski definition) is 2. The largest absolute Gasteiger partial charge is 0.349 e. The van der Waals surface area contributed by atoms with Crippen molar-refractivity contribution in [2.45, 2.75) is 46.1 Å². The van der Waals surface area contributed by atoms with Crippen molar-refractivity contribution in [3.8, 4) is 0 Å². The summed E-state index contributed by atoms with van der Waals surface area (Å²) in [5, 5.41) is 6.57. The predicted octanol–water partition coefficient (Wildman–Crippen LogP) is 2.95. The fourth-order valence-corrected chi connectivity index (χ4v) is 3.24. The molecule has 1 saturated heterocycles. The second kappa shape index (κ2) is 6.40. The summed E-state index contributed by atoms with van der Waals surface area (Å²) in [5.74, 6) is 0.208. The summed E-state index contributed by atoms with van der Waals surface area (Å²) in [6.45, 7) is 8.08. The molecule has 20 heavy (non-hydrogen) atoms. The highest BCUT2D eigenvalue weighted by Gasteiger charge is 2.40. The maximum absolute atomic E-state index is 12.7. The third-order valence-electron chi connectivity index (χ3n) is 4.46. The second-order valence-corrected chi connectivity index (χ2v) is 6.01. The Hall–Kier alpha value is -1.35. The molecule has 1 heterocycles. The number of hydrogen-bond acceptors (Lipinski definition) is 2. The Morgan fingerprint density at radius 1 is 1.45 bits per heavy atom.